The molecule has 0 aromatic carbocycles. The van der Waals surface area contributed by atoms with Gasteiger partial charge in [-0.05, 0) is 0 Å². The smallest absolute Gasteiger partial charge is 0.320 e. The van der Waals surface area contributed by atoms with Crippen molar-refractivity contribution in [2.24, 2.45) is 0 Å². The van der Waals surface area contributed by atoms with Gasteiger partial charge in [0.15, 0.2) is 17.3 Å². The predicted molar refractivity (Wildman–Crippen MR) is 32.5 cm³/mol. The fraction of sp³-hybridized carbons (Fsp3) is 0. The number of nitrogens with zero attached hydrogens (tertiary/aromatic N) is 2. The van der Waals surface area contributed by atoms with Gasteiger partial charge in [0.05, 0.1) is 0 Å². The molecule has 12 heavy (non-hydrogen) atoms. The fourth-order valence-corrected chi connectivity index (χ4v) is 0.646. The number of rotatable bonds is 0. The second kappa shape index (κ2) is 2.62. The maximum absolute atomic E-state index is 12.5. The molecule has 0 fully saturated rings. The monoisotopic (exact) mass is 172 g/mol. The molecule has 1 aromatic rings. The summed E-state index contributed by atoms with van der Waals surface area (Å²) in [4.78, 5) is 10.5. The van der Waals surface area contributed by atoms with E-state index in [1.165, 1.54) is 6.07 Å². The Balaban J connectivity index is 3.66. The number of aromatic nitrogens is 1. The van der Waals surface area contributed by atoms with Gasteiger partial charge in [-0.1, -0.05) is 0 Å². The molecule has 1 aromatic heterocycles. The molecular weight excluding hydrogens is 170 g/mol. The minimum Gasteiger partial charge on any atom is -0.424 e. The lowest BCUT2D eigenvalue weighted by Gasteiger charge is -1.98. The van der Waals surface area contributed by atoms with E-state index in [1.54, 1.807) is 0 Å². The van der Waals surface area contributed by atoms with E-state index in [-0.39, 0.29) is 10.8 Å². The number of pyridine rings is 1. The van der Waals surface area contributed by atoms with Crippen LogP contribution in [0.2, 0.25) is 0 Å². The summed E-state index contributed by atoms with van der Waals surface area (Å²) in [6.07, 6.45) is 0. The van der Waals surface area contributed by atoms with Crippen LogP contribution in [0, 0.1) is 23.0 Å². The fourth-order valence-electron chi connectivity index (χ4n) is 0.646. The van der Waals surface area contributed by atoms with Crippen molar-refractivity contribution in [3.05, 3.63) is 33.7 Å². The van der Waals surface area contributed by atoms with Crippen molar-refractivity contribution in [3.63, 3.8) is 0 Å². The lowest BCUT2D eigenvalue weighted by molar-refractivity contribution is 0.162. The molecule has 0 unspecified atom stereocenters. The standard InChI is InChI=1S/C6H2F2N2O2/c7-3-1-4(8)6(11)10(12)5(3)2-9/h1,12H. The minimum atomic E-state index is -1.45. The molecule has 0 amide bonds. The molecule has 4 nitrogen and oxygen atoms in total. The van der Waals surface area contributed by atoms with Gasteiger partial charge in [0.2, 0.25) is 0 Å². The quantitative estimate of drug-likeness (QED) is 0.570. The summed E-state index contributed by atoms with van der Waals surface area (Å²) in [5.41, 5.74) is -2.37. The van der Waals surface area contributed by atoms with Crippen LogP contribution in [0.3, 0.4) is 0 Å². The lowest BCUT2D eigenvalue weighted by atomic mass is 10.3. The second-order valence-electron chi connectivity index (χ2n) is 1.92. The van der Waals surface area contributed by atoms with Crippen molar-refractivity contribution in [2.45, 2.75) is 0 Å². The van der Waals surface area contributed by atoms with E-state index in [4.69, 9.17) is 10.5 Å². The van der Waals surface area contributed by atoms with Gasteiger partial charge >= 0.3 is 5.56 Å². The zero-order valence-corrected chi connectivity index (χ0v) is 5.58. The summed E-state index contributed by atoms with van der Waals surface area (Å²) in [5, 5.41) is 16.8. The van der Waals surface area contributed by atoms with Crippen LogP contribution in [0.1, 0.15) is 5.69 Å². The Morgan fingerprint density at radius 1 is 1.50 bits per heavy atom. The lowest BCUT2D eigenvalue weighted by Crippen LogP contribution is -2.24. The molecule has 1 rings (SSSR count). The molecule has 0 aliphatic rings. The third-order valence-corrected chi connectivity index (χ3v) is 1.19. The number of halogens is 2. The van der Waals surface area contributed by atoms with Crippen LogP contribution >= 0.6 is 0 Å². The molecule has 0 saturated heterocycles. The van der Waals surface area contributed by atoms with Gasteiger partial charge in [-0.3, -0.25) is 4.79 Å². The van der Waals surface area contributed by atoms with Gasteiger partial charge in [-0.2, -0.15) is 5.26 Å². The zero-order valence-electron chi connectivity index (χ0n) is 5.58. The normalized spacial score (nSPS) is 9.42. The van der Waals surface area contributed by atoms with Crippen LogP contribution in [0.4, 0.5) is 8.78 Å². The molecule has 6 heteroatoms. The molecule has 0 atom stereocenters. The van der Waals surface area contributed by atoms with E-state index in [9.17, 15) is 13.6 Å². The van der Waals surface area contributed by atoms with Crippen LogP contribution in [0.5, 0.6) is 0 Å². The molecule has 0 spiro atoms. The topological polar surface area (TPSA) is 66.0 Å². The highest BCUT2D eigenvalue weighted by molar-refractivity contribution is 5.22. The van der Waals surface area contributed by atoms with Gasteiger partial charge in [0.1, 0.15) is 6.07 Å². The molecule has 0 saturated carbocycles. The summed E-state index contributed by atoms with van der Waals surface area (Å²) in [6, 6.07) is 1.45. The summed E-state index contributed by atoms with van der Waals surface area (Å²) >= 11 is 0. The van der Waals surface area contributed by atoms with Crippen LogP contribution < -0.4 is 5.56 Å². The highest BCUT2D eigenvalue weighted by Crippen LogP contribution is 2.02. The predicted octanol–water partition coefficient (Wildman–Crippen LogP) is 0.235. The summed E-state index contributed by atoms with van der Waals surface area (Å²) in [7, 11) is 0. The largest absolute Gasteiger partial charge is 0.424 e. The van der Waals surface area contributed by atoms with Gasteiger partial charge in [-0.15, -0.1) is 4.73 Å². The van der Waals surface area contributed by atoms with Crippen molar-refractivity contribution < 1.29 is 14.0 Å². The summed E-state index contributed by atoms with van der Waals surface area (Å²) in [5.74, 6) is -2.73. The second-order valence-corrected chi connectivity index (χ2v) is 1.92. The Morgan fingerprint density at radius 2 is 2.08 bits per heavy atom. The molecule has 62 valence electrons. The van der Waals surface area contributed by atoms with Crippen molar-refractivity contribution in [1.29, 1.82) is 5.26 Å². The van der Waals surface area contributed by atoms with E-state index in [1.807, 2.05) is 0 Å². The Kier molecular flexibility index (Phi) is 1.79. The van der Waals surface area contributed by atoms with Gasteiger partial charge < -0.3 is 5.21 Å². The summed E-state index contributed by atoms with van der Waals surface area (Å²) in [6.45, 7) is 0. The van der Waals surface area contributed by atoms with Crippen molar-refractivity contribution in [1.82, 2.24) is 4.73 Å². The molecule has 0 bridgehead atoms. The van der Waals surface area contributed by atoms with Crippen LogP contribution in [-0.2, 0) is 0 Å². The van der Waals surface area contributed by atoms with Crippen LogP contribution in [0.15, 0.2) is 10.9 Å². The van der Waals surface area contributed by atoms with Crippen molar-refractivity contribution in [3.8, 4) is 6.07 Å². The average Bonchev–Trinajstić information content (AvgIpc) is 2.01. The molecule has 1 heterocycles. The Morgan fingerprint density at radius 3 is 2.58 bits per heavy atom. The Hall–Kier alpha value is -1.90. The molecular formula is C6H2F2N2O2. The summed E-state index contributed by atoms with van der Waals surface area (Å²) < 4.78 is 24.5. The van der Waals surface area contributed by atoms with Crippen LogP contribution in [-0.4, -0.2) is 9.94 Å². The highest BCUT2D eigenvalue weighted by atomic mass is 19.1. The minimum absolute atomic E-state index is 0.244. The maximum atomic E-state index is 12.5. The van der Waals surface area contributed by atoms with Crippen LogP contribution in [0.25, 0.3) is 0 Å². The van der Waals surface area contributed by atoms with Crippen molar-refractivity contribution in [2.75, 3.05) is 0 Å². The number of hydrogen-bond donors (Lipinski definition) is 1. The zero-order chi connectivity index (χ0) is 9.30. The van der Waals surface area contributed by atoms with E-state index < -0.39 is 22.9 Å². The first kappa shape index (κ1) is 8.20. The molecule has 0 aliphatic heterocycles. The molecule has 0 radical (unpaired) electrons. The van der Waals surface area contributed by atoms with E-state index in [0.717, 1.165) is 0 Å². The Bertz CT molecular complexity index is 419. The highest BCUT2D eigenvalue weighted by Gasteiger charge is 2.13. The van der Waals surface area contributed by atoms with E-state index >= 15 is 0 Å². The van der Waals surface area contributed by atoms with Gasteiger partial charge in [0.25, 0.3) is 0 Å². The SMILES string of the molecule is N#Cc1c(F)cc(F)c(=O)n1O. The average molecular weight is 172 g/mol. The first-order valence-corrected chi connectivity index (χ1v) is 2.78. The van der Waals surface area contributed by atoms with Gasteiger partial charge in [0, 0.05) is 6.07 Å². The number of nitriles is 1. The third kappa shape index (κ3) is 1.01. The van der Waals surface area contributed by atoms with Crippen molar-refractivity contribution >= 4 is 0 Å². The first-order valence-electron chi connectivity index (χ1n) is 2.78. The number of hydrogen-bond acceptors (Lipinski definition) is 3. The molecule has 1 N–H and O–H groups in total. The van der Waals surface area contributed by atoms with Gasteiger partial charge in [-0.25, -0.2) is 8.78 Å². The van der Waals surface area contributed by atoms with E-state index in [2.05, 4.69) is 0 Å². The maximum Gasteiger partial charge on any atom is 0.320 e. The Labute approximate surface area is 64.9 Å². The van der Waals surface area contributed by atoms with E-state index in [0.29, 0.717) is 0 Å². The third-order valence-electron chi connectivity index (χ3n) is 1.19. The molecule has 0 aliphatic carbocycles. The first-order chi connectivity index (χ1) is 5.57.